The fourth-order valence-corrected chi connectivity index (χ4v) is 3.21. The number of hydrogen-bond donors (Lipinski definition) is 1. The zero-order valence-electron chi connectivity index (χ0n) is 11.0. The van der Waals surface area contributed by atoms with Crippen LogP contribution >= 0.6 is 11.3 Å². The molecular formula is C14H19NO3S. The molecule has 4 nitrogen and oxygen atoms in total. The largest absolute Gasteiger partial charge is 0.481 e. The minimum absolute atomic E-state index is 0.0185. The Bertz CT molecular complexity index is 438. The van der Waals surface area contributed by atoms with Gasteiger partial charge in [-0.15, -0.1) is 11.3 Å². The molecule has 19 heavy (non-hydrogen) atoms. The predicted molar refractivity (Wildman–Crippen MR) is 74.4 cm³/mol. The number of amides is 1. The normalized spacial score (nSPS) is 17.3. The highest BCUT2D eigenvalue weighted by Gasteiger charge is 2.30. The molecule has 0 aliphatic heterocycles. The van der Waals surface area contributed by atoms with Gasteiger partial charge in [-0.05, 0) is 24.3 Å². The quantitative estimate of drug-likeness (QED) is 0.903. The van der Waals surface area contributed by atoms with Gasteiger partial charge in [0.1, 0.15) is 0 Å². The highest BCUT2D eigenvalue weighted by Crippen LogP contribution is 2.26. The molecule has 1 aromatic rings. The molecule has 0 spiro atoms. The van der Waals surface area contributed by atoms with Crippen LogP contribution < -0.4 is 0 Å². The summed E-state index contributed by atoms with van der Waals surface area (Å²) in [6.45, 7) is 1.96. The summed E-state index contributed by atoms with van der Waals surface area (Å²) in [4.78, 5) is 26.0. The number of aliphatic carboxylic acids is 1. The zero-order chi connectivity index (χ0) is 13.8. The van der Waals surface area contributed by atoms with Crippen LogP contribution in [0.25, 0.3) is 0 Å². The Morgan fingerprint density at radius 2 is 2.16 bits per heavy atom. The van der Waals surface area contributed by atoms with Crippen molar-refractivity contribution in [3.63, 3.8) is 0 Å². The average molecular weight is 281 g/mol. The first-order chi connectivity index (χ1) is 9.09. The highest BCUT2D eigenvalue weighted by molar-refractivity contribution is 7.12. The van der Waals surface area contributed by atoms with Gasteiger partial charge in [0.25, 0.3) is 5.91 Å². The van der Waals surface area contributed by atoms with E-state index >= 15 is 0 Å². The second kappa shape index (κ2) is 6.19. The van der Waals surface area contributed by atoms with Crippen molar-refractivity contribution in [2.45, 2.75) is 38.6 Å². The van der Waals surface area contributed by atoms with Gasteiger partial charge in [-0.2, -0.15) is 0 Å². The highest BCUT2D eigenvalue weighted by atomic mass is 32.1. The Morgan fingerprint density at radius 3 is 2.68 bits per heavy atom. The minimum atomic E-state index is -0.845. The van der Waals surface area contributed by atoms with Crippen LogP contribution in [0.1, 0.15) is 42.3 Å². The van der Waals surface area contributed by atoms with Crippen LogP contribution in [0.15, 0.2) is 17.5 Å². The molecule has 1 aliphatic rings. The molecule has 104 valence electrons. The molecule has 2 rings (SSSR count). The van der Waals surface area contributed by atoms with E-state index in [1.54, 1.807) is 17.9 Å². The minimum Gasteiger partial charge on any atom is -0.481 e. The first-order valence-corrected chi connectivity index (χ1v) is 7.55. The van der Waals surface area contributed by atoms with Crippen LogP contribution in [-0.2, 0) is 4.79 Å². The zero-order valence-corrected chi connectivity index (χ0v) is 11.9. The second-order valence-corrected chi connectivity index (χ2v) is 6.06. The van der Waals surface area contributed by atoms with Crippen molar-refractivity contribution in [1.82, 2.24) is 4.90 Å². The van der Waals surface area contributed by atoms with E-state index in [-0.39, 0.29) is 11.9 Å². The van der Waals surface area contributed by atoms with E-state index in [1.807, 2.05) is 11.4 Å². The Balaban J connectivity index is 2.13. The fourth-order valence-electron chi connectivity index (χ4n) is 2.53. The lowest BCUT2D eigenvalue weighted by Gasteiger charge is -2.30. The maximum absolute atomic E-state index is 12.5. The lowest BCUT2D eigenvalue weighted by atomic mass is 10.1. The van der Waals surface area contributed by atoms with Crippen LogP contribution in [0.4, 0.5) is 0 Å². The Hall–Kier alpha value is -1.36. The van der Waals surface area contributed by atoms with Gasteiger partial charge >= 0.3 is 5.97 Å². The van der Waals surface area contributed by atoms with Crippen molar-refractivity contribution in [2.24, 2.45) is 5.92 Å². The SMILES string of the molecule is CC(CN(C(=O)c1cccs1)C1CCCC1)C(=O)O. The van der Waals surface area contributed by atoms with Gasteiger partial charge in [0.05, 0.1) is 10.8 Å². The first-order valence-electron chi connectivity index (χ1n) is 6.67. The third-order valence-corrected chi connectivity index (χ3v) is 4.51. The van der Waals surface area contributed by atoms with Crippen LogP contribution in [0.3, 0.4) is 0 Å². The van der Waals surface area contributed by atoms with E-state index in [1.165, 1.54) is 11.3 Å². The van der Waals surface area contributed by atoms with Gasteiger partial charge in [-0.3, -0.25) is 9.59 Å². The van der Waals surface area contributed by atoms with Gasteiger partial charge in [0.2, 0.25) is 0 Å². The number of carbonyl (C=O) groups excluding carboxylic acids is 1. The maximum Gasteiger partial charge on any atom is 0.308 e. The lowest BCUT2D eigenvalue weighted by Crippen LogP contribution is -2.42. The summed E-state index contributed by atoms with van der Waals surface area (Å²) in [5.41, 5.74) is 0. The molecule has 0 bridgehead atoms. The topological polar surface area (TPSA) is 57.6 Å². The number of nitrogens with zero attached hydrogens (tertiary/aromatic N) is 1. The molecule has 1 unspecified atom stereocenters. The van der Waals surface area contributed by atoms with E-state index in [2.05, 4.69) is 0 Å². The van der Waals surface area contributed by atoms with Gasteiger partial charge in [-0.1, -0.05) is 25.8 Å². The molecule has 5 heteroatoms. The molecule has 1 N–H and O–H groups in total. The molecule has 1 fully saturated rings. The molecule has 1 aliphatic carbocycles. The average Bonchev–Trinajstić information content (AvgIpc) is 3.06. The third kappa shape index (κ3) is 3.35. The number of carboxylic acids is 1. The van der Waals surface area contributed by atoms with Crippen LogP contribution in [0.5, 0.6) is 0 Å². The molecule has 0 saturated heterocycles. The summed E-state index contributed by atoms with van der Waals surface area (Å²) in [5.74, 6) is -1.39. The van der Waals surface area contributed by atoms with Crippen molar-refractivity contribution in [1.29, 1.82) is 0 Å². The summed E-state index contributed by atoms with van der Waals surface area (Å²) in [7, 11) is 0. The lowest BCUT2D eigenvalue weighted by molar-refractivity contribution is -0.141. The number of thiophene rings is 1. The number of carboxylic acid groups (broad SMARTS) is 1. The van der Waals surface area contributed by atoms with Crippen LogP contribution in [0.2, 0.25) is 0 Å². The maximum atomic E-state index is 12.5. The standard InChI is InChI=1S/C14H19NO3S/c1-10(14(17)18)9-15(11-5-2-3-6-11)13(16)12-7-4-8-19-12/h4,7-8,10-11H,2-3,5-6,9H2,1H3,(H,17,18). The molecular weight excluding hydrogens is 262 g/mol. The van der Waals surface area contributed by atoms with Crippen molar-refractivity contribution in [2.75, 3.05) is 6.54 Å². The summed E-state index contributed by atoms with van der Waals surface area (Å²) in [6, 6.07) is 3.86. The molecule has 0 radical (unpaired) electrons. The van der Waals surface area contributed by atoms with Gasteiger partial charge in [0.15, 0.2) is 0 Å². The molecule has 0 aromatic carbocycles. The third-order valence-electron chi connectivity index (χ3n) is 3.65. The van der Waals surface area contributed by atoms with E-state index in [0.717, 1.165) is 25.7 Å². The summed E-state index contributed by atoms with van der Waals surface area (Å²) >= 11 is 1.41. The van der Waals surface area contributed by atoms with Crippen molar-refractivity contribution < 1.29 is 14.7 Å². The Kier molecular flexibility index (Phi) is 4.58. The number of carbonyl (C=O) groups is 2. The second-order valence-electron chi connectivity index (χ2n) is 5.11. The van der Waals surface area contributed by atoms with Crippen LogP contribution in [0, 0.1) is 5.92 Å². The van der Waals surface area contributed by atoms with Gasteiger partial charge in [-0.25, -0.2) is 0 Å². The van der Waals surface area contributed by atoms with Gasteiger partial charge < -0.3 is 10.0 Å². The van der Waals surface area contributed by atoms with Gasteiger partial charge in [0, 0.05) is 12.6 Å². The molecule has 1 atom stereocenters. The summed E-state index contributed by atoms with van der Waals surface area (Å²) < 4.78 is 0. The summed E-state index contributed by atoms with van der Waals surface area (Å²) in [5, 5.41) is 10.9. The molecule has 1 aromatic heterocycles. The van der Waals surface area contributed by atoms with Crippen LogP contribution in [-0.4, -0.2) is 34.5 Å². The van der Waals surface area contributed by atoms with E-state index < -0.39 is 11.9 Å². The fraction of sp³-hybridized carbons (Fsp3) is 0.571. The molecule has 1 saturated carbocycles. The number of hydrogen-bond acceptors (Lipinski definition) is 3. The Morgan fingerprint density at radius 1 is 1.47 bits per heavy atom. The molecule has 1 amide bonds. The van der Waals surface area contributed by atoms with Crippen molar-refractivity contribution in [3.05, 3.63) is 22.4 Å². The predicted octanol–water partition coefficient (Wildman–Crippen LogP) is 2.85. The van der Waals surface area contributed by atoms with E-state index in [4.69, 9.17) is 5.11 Å². The monoisotopic (exact) mass is 281 g/mol. The van der Waals surface area contributed by atoms with Crippen molar-refractivity contribution >= 4 is 23.2 Å². The first kappa shape index (κ1) is 14.1. The number of rotatable bonds is 5. The van der Waals surface area contributed by atoms with E-state index in [9.17, 15) is 9.59 Å². The summed E-state index contributed by atoms with van der Waals surface area (Å²) in [6.07, 6.45) is 4.23. The smallest absolute Gasteiger partial charge is 0.308 e. The Labute approximate surface area is 117 Å². The van der Waals surface area contributed by atoms with Crippen molar-refractivity contribution in [3.8, 4) is 0 Å². The molecule has 1 heterocycles. The van der Waals surface area contributed by atoms with E-state index in [0.29, 0.717) is 11.4 Å².